The van der Waals surface area contributed by atoms with Crippen LogP contribution in [0.3, 0.4) is 0 Å². The van der Waals surface area contributed by atoms with Gasteiger partial charge in [-0.25, -0.2) is 4.79 Å². The fourth-order valence-corrected chi connectivity index (χ4v) is 12.5. The number of rotatable bonds is 3. The number of aromatic hydroxyl groups is 1. The minimum Gasteiger partial charge on any atom is -0.504 e. The van der Waals surface area contributed by atoms with Crippen LogP contribution >= 0.6 is 11.8 Å². The Morgan fingerprint density at radius 3 is 2.61 bits per heavy atom. The first-order chi connectivity index (χ1) is 27.4. The number of benzene rings is 3. The second kappa shape index (κ2) is 13.0. The van der Waals surface area contributed by atoms with Crippen molar-refractivity contribution in [3.05, 3.63) is 74.5 Å². The molecule has 2 saturated heterocycles. The molecular formula is C42H46N4O10S. The second-order valence-electron chi connectivity index (χ2n) is 16.3. The van der Waals surface area contributed by atoms with E-state index in [1.807, 2.05) is 50.9 Å². The molecule has 0 saturated carbocycles. The molecule has 8 heterocycles. The van der Waals surface area contributed by atoms with E-state index in [2.05, 4.69) is 21.3 Å². The fourth-order valence-electron chi connectivity index (χ4n) is 10.8. The van der Waals surface area contributed by atoms with E-state index in [0.29, 0.717) is 63.8 Å². The maximum Gasteiger partial charge on any atom is 0.333 e. The lowest BCUT2D eigenvalue weighted by Crippen LogP contribution is -2.70. The van der Waals surface area contributed by atoms with E-state index in [9.17, 15) is 20.1 Å². The average molecular weight is 799 g/mol. The number of hydrogen-bond donors (Lipinski definition) is 5. The molecule has 7 aliphatic rings. The molecule has 300 valence electrons. The van der Waals surface area contributed by atoms with Crippen LogP contribution in [0, 0.1) is 20.8 Å². The number of nitrogens with zero attached hydrogens (tertiary/aromatic N) is 2. The number of methoxy groups -OCH3 is 1. The van der Waals surface area contributed by atoms with Gasteiger partial charge in [0.1, 0.15) is 18.6 Å². The number of carbonyl (C=O) groups is 2. The quantitative estimate of drug-likeness (QED) is 0.149. The number of carbonyl (C=O) groups excluding carboxylic acids is 2. The van der Waals surface area contributed by atoms with E-state index in [4.69, 9.17) is 23.7 Å². The number of aliphatic hydroxyl groups excluding tert-OH is 2. The van der Waals surface area contributed by atoms with E-state index in [1.54, 1.807) is 7.11 Å². The van der Waals surface area contributed by atoms with Gasteiger partial charge in [-0.15, -0.1) is 11.8 Å². The second-order valence-corrected chi connectivity index (χ2v) is 17.5. The van der Waals surface area contributed by atoms with Crippen molar-refractivity contribution in [3.8, 4) is 28.7 Å². The molecule has 8 atom stereocenters. The Labute approximate surface area is 333 Å². The highest BCUT2D eigenvalue weighted by atomic mass is 32.2. The zero-order valence-corrected chi connectivity index (χ0v) is 33.4. The van der Waals surface area contributed by atoms with Gasteiger partial charge in [0.05, 0.1) is 42.8 Å². The summed E-state index contributed by atoms with van der Waals surface area (Å²) < 4.78 is 30.7. The Hall–Kier alpha value is -4.51. The lowest BCUT2D eigenvalue weighted by molar-refractivity contribution is -0.186. The lowest BCUT2D eigenvalue weighted by atomic mass is 9.73. The molecule has 57 heavy (non-hydrogen) atoms. The number of aryl methyl sites for hydroxylation is 2. The number of fused-ring (bicyclic) bond motifs is 11. The third-order valence-electron chi connectivity index (χ3n) is 13.2. The summed E-state index contributed by atoms with van der Waals surface area (Å²) in [5.74, 6) is 0.735. The summed E-state index contributed by atoms with van der Waals surface area (Å²) >= 11 is 1.48. The number of H-pyrrole nitrogens is 1. The minimum atomic E-state index is -1.43. The number of esters is 2. The maximum absolute atomic E-state index is 15.0. The number of phenolic OH excluding ortho intramolecular Hbond substituents is 1. The molecule has 4 aromatic rings. The summed E-state index contributed by atoms with van der Waals surface area (Å²) in [5.41, 5.74) is 6.45. The van der Waals surface area contributed by atoms with Crippen molar-refractivity contribution >= 4 is 34.6 Å². The number of aromatic amines is 1. The molecule has 14 nitrogen and oxygen atoms in total. The molecular weight excluding hydrogens is 753 g/mol. The van der Waals surface area contributed by atoms with Gasteiger partial charge in [-0.3, -0.25) is 19.9 Å². The van der Waals surface area contributed by atoms with Crippen LogP contribution in [-0.2, 0) is 32.7 Å². The first-order valence-corrected chi connectivity index (χ1v) is 20.4. The Morgan fingerprint density at radius 1 is 1.07 bits per heavy atom. The number of aromatic nitrogens is 1. The van der Waals surface area contributed by atoms with E-state index in [0.717, 1.165) is 33.2 Å². The van der Waals surface area contributed by atoms with E-state index < -0.39 is 59.2 Å². The summed E-state index contributed by atoms with van der Waals surface area (Å²) in [4.78, 5) is 35.7. The van der Waals surface area contributed by atoms with Crippen molar-refractivity contribution in [1.82, 2.24) is 20.1 Å². The number of piperazine rings is 1. The van der Waals surface area contributed by atoms with Gasteiger partial charge in [0.15, 0.2) is 28.5 Å². The molecule has 0 amide bonds. The van der Waals surface area contributed by atoms with Crippen molar-refractivity contribution in [2.75, 3.05) is 39.9 Å². The molecule has 0 aliphatic carbocycles. The highest BCUT2D eigenvalue weighted by Gasteiger charge is 2.62. The third-order valence-corrected chi connectivity index (χ3v) is 14.7. The van der Waals surface area contributed by atoms with Gasteiger partial charge < -0.3 is 44.0 Å². The maximum atomic E-state index is 15.0. The molecule has 5 N–H and O–H groups in total. The monoisotopic (exact) mass is 798 g/mol. The topological polar surface area (TPSA) is 175 Å². The average Bonchev–Trinajstić information content (AvgIpc) is 3.82. The number of likely N-dealkylation sites (N-methyl/N-ethyl adjacent to an activating group) is 1. The summed E-state index contributed by atoms with van der Waals surface area (Å²) in [6.07, 6.45) is -0.101. The normalized spacial score (nSPS) is 30.0. The molecule has 0 unspecified atom stereocenters. The van der Waals surface area contributed by atoms with Crippen LogP contribution in [0.5, 0.6) is 28.7 Å². The highest BCUT2D eigenvalue weighted by Crippen LogP contribution is 2.64. The van der Waals surface area contributed by atoms with Gasteiger partial charge in [-0.2, -0.15) is 0 Å². The van der Waals surface area contributed by atoms with Crippen molar-refractivity contribution in [2.45, 2.75) is 87.8 Å². The van der Waals surface area contributed by atoms with E-state index in [-0.39, 0.29) is 31.5 Å². The molecule has 4 bridgehead atoms. The molecule has 11 rings (SSSR count). The molecule has 1 aromatic heterocycles. The lowest BCUT2D eigenvalue weighted by Gasteiger charge is -2.62. The predicted octanol–water partition coefficient (Wildman–Crippen LogP) is 3.85. The Balaban J connectivity index is 1.24. The predicted molar refractivity (Wildman–Crippen MR) is 209 cm³/mol. The Bertz CT molecular complexity index is 2400. The van der Waals surface area contributed by atoms with Gasteiger partial charge >= 0.3 is 11.9 Å². The molecule has 0 radical (unpaired) electrons. The Morgan fingerprint density at radius 2 is 1.86 bits per heavy atom. The van der Waals surface area contributed by atoms with Crippen LogP contribution in [-0.4, -0.2) is 106 Å². The summed E-state index contributed by atoms with van der Waals surface area (Å²) in [6, 6.07) is 5.45. The van der Waals surface area contributed by atoms with Crippen LogP contribution < -0.4 is 24.3 Å². The number of hydrogen-bond acceptors (Lipinski definition) is 14. The Kier molecular flexibility index (Phi) is 8.39. The van der Waals surface area contributed by atoms with Crippen molar-refractivity contribution in [3.63, 3.8) is 0 Å². The van der Waals surface area contributed by atoms with Crippen molar-refractivity contribution < 1.29 is 48.6 Å². The van der Waals surface area contributed by atoms with Gasteiger partial charge in [0, 0.05) is 57.9 Å². The van der Waals surface area contributed by atoms with Crippen LogP contribution in [0.15, 0.2) is 24.3 Å². The number of nitrogens with one attached hydrogen (secondary N) is 2. The zero-order valence-electron chi connectivity index (χ0n) is 32.6. The van der Waals surface area contributed by atoms with E-state index in [1.165, 1.54) is 18.7 Å². The van der Waals surface area contributed by atoms with Gasteiger partial charge in [0.25, 0.3) is 0 Å². The zero-order chi connectivity index (χ0) is 39.8. The first kappa shape index (κ1) is 36.8. The SMILES string of the molecule is COc1c(C)cc2c(c1O)[C@H]1[C@@H]3[C@@H]4SC[C@]5(N[C@@H](CO)Cc6c5[nH]c5ccc(C)cc65)C(=O)OC[C@@H](c5c6c(c(C)c(OC(C)=O)c54)OCO6)N3[C@@H](O)[C@H](C2)N1C. The standard InChI is InChI=1S/C42H46N4O10S/c1-17-7-8-25-23(9-17)24-12-22(13-47)44-42(39(24)43-25)15-57-38-30-29(37-36(54-16-55-37)19(3)35(30)56-20(4)48)27(14-53-41(42)51)46-32(38)31-28-21(11-26(40(46)50)45(31)5)10-18(2)34(52-6)33(28)49/h7-10,22,26-27,31-32,38,40,43-44,47,49-50H,11-16H2,1-6H3/t22-,26+,27+,31+,32-,38-,40+,42-/m1/s1. The van der Waals surface area contributed by atoms with Gasteiger partial charge in [-0.05, 0) is 69.5 Å². The third kappa shape index (κ3) is 5.02. The van der Waals surface area contributed by atoms with Crippen molar-refractivity contribution in [1.29, 1.82) is 0 Å². The largest absolute Gasteiger partial charge is 0.504 e. The summed E-state index contributed by atoms with van der Waals surface area (Å²) in [6.45, 7) is 6.65. The number of aliphatic hydroxyl groups is 2. The molecule has 2 fully saturated rings. The van der Waals surface area contributed by atoms with Crippen LogP contribution in [0.2, 0.25) is 0 Å². The number of ether oxygens (including phenoxy) is 5. The highest BCUT2D eigenvalue weighted by molar-refractivity contribution is 7.99. The molecule has 7 aliphatic heterocycles. The first-order valence-electron chi connectivity index (χ1n) is 19.4. The van der Waals surface area contributed by atoms with E-state index >= 15 is 4.79 Å². The van der Waals surface area contributed by atoms with Gasteiger partial charge in [-0.1, -0.05) is 17.7 Å². The summed E-state index contributed by atoms with van der Waals surface area (Å²) in [7, 11) is 3.51. The summed E-state index contributed by atoms with van der Waals surface area (Å²) in [5, 5.41) is 39.3. The van der Waals surface area contributed by atoms with Crippen molar-refractivity contribution in [2.24, 2.45) is 0 Å². The number of phenols is 1. The van der Waals surface area contributed by atoms with Crippen LogP contribution in [0.25, 0.3) is 10.9 Å². The number of thioether (sulfide) groups is 1. The van der Waals surface area contributed by atoms with Gasteiger partial charge in [0.2, 0.25) is 6.79 Å². The smallest absolute Gasteiger partial charge is 0.333 e. The van der Waals surface area contributed by atoms with Crippen LogP contribution in [0.1, 0.15) is 74.5 Å². The fraction of sp³-hybridized carbons (Fsp3) is 0.476. The molecule has 3 aromatic carbocycles. The minimum absolute atomic E-state index is 0.0417. The van der Waals surface area contributed by atoms with Crippen LogP contribution in [0.4, 0.5) is 0 Å². The molecule has 1 spiro atoms. The molecule has 15 heteroatoms.